The SMILES string of the molecule is CC[NH+](CC)CCCNC(=S)Nc1cccc(Cl)c1. The number of nitrogens with one attached hydrogen (secondary N) is 3. The van der Waals surface area contributed by atoms with Gasteiger partial charge in [-0.1, -0.05) is 17.7 Å². The van der Waals surface area contributed by atoms with Crippen LogP contribution in [0.5, 0.6) is 0 Å². The number of rotatable bonds is 7. The molecule has 3 N–H and O–H groups in total. The molecule has 0 fully saturated rings. The Labute approximate surface area is 126 Å². The minimum atomic E-state index is 0.650. The van der Waals surface area contributed by atoms with Gasteiger partial charge >= 0.3 is 0 Å². The summed E-state index contributed by atoms with van der Waals surface area (Å²) in [5, 5.41) is 7.70. The lowest BCUT2D eigenvalue weighted by Gasteiger charge is -2.16. The van der Waals surface area contributed by atoms with E-state index in [0.29, 0.717) is 10.1 Å². The van der Waals surface area contributed by atoms with Crippen molar-refractivity contribution in [2.75, 3.05) is 31.5 Å². The van der Waals surface area contributed by atoms with Gasteiger partial charge in [-0.3, -0.25) is 0 Å². The summed E-state index contributed by atoms with van der Waals surface area (Å²) in [6.07, 6.45) is 1.12. The number of thiocarbonyl (C=S) groups is 1. The van der Waals surface area contributed by atoms with Crippen LogP contribution in [0.2, 0.25) is 5.02 Å². The molecule has 1 rings (SSSR count). The van der Waals surface area contributed by atoms with E-state index in [-0.39, 0.29) is 0 Å². The van der Waals surface area contributed by atoms with Crippen LogP contribution in [0.4, 0.5) is 5.69 Å². The molecule has 0 aliphatic rings. The summed E-state index contributed by atoms with van der Waals surface area (Å²) in [5.41, 5.74) is 0.916. The van der Waals surface area contributed by atoms with Crippen molar-refractivity contribution in [2.24, 2.45) is 0 Å². The Kier molecular flexibility index (Phi) is 7.79. The Bertz CT molecular complexity index is 394. The van der Waals surface area contributed by atoms with Crippen LogP contribution >= 0.6 is 23.8 Å². The molecule has 1 aromatic carbocycles. The first-order valence-corrected chi connectivity index (χ1v) is 7.58. The van der Waals surface area contributed by atoms with Crippen molar-refractivity contribution >= 4 is 34.6 Å². The first-order chi connectivity index (χ1) is 9.15. The zero-order chi connectivity index (χ0) is 14.1. The minimum absolute atomic E-state index is 0.650. The molecule has 0 spiro atoms. The van der Waals surface area contributed by atoms with Crippen molar-refractivity contribution < 1.29 is 4.90 Å². The predicted molar refractivity (Wildman–Crippen MR) is 87.2 cm³/mol. The van der Waals surface area contributed by atoms with Gasteiger partial charge in [0.25, 0.3) is 0 Å². The Morgan fingerprint density at radius 2 is 2.05 bits per heavy atom. The largest absolute Gasteiger partial charge is 0.362 e. The van der Waals surface area contributed by atoms with Crippen LogP contribution in [0, 0.1) is 0 Å². The summed E-state index contributed by atoms with van der Waals surface area (Å²) >= 11 is 11.2. The van der Waals surface area contributed by atoms with E-state index < -0.39 is 0 Å². The van der Waals surface area contributed by atoms with Gasteiger partial charge in [-0.2, -0.15) is 0 Å². The maximum atomic E-state index is 5.92. The van der Waals surface area contributed by atoms with Crippen molar-refractivity contribution in [2.45, 2.75) is 20.3 Å². The van der Waals surface area contributed by atoms with Crippen molar-refractivity contribution in [1.82, 2.24) is 5.32 Å². The summed E-state index contributed by atoms with van der Waals surface area (Å²) in [6, 6.07) is 7.54. The van der Waals surface area contributed by atoms with Crippen LogP contribution in [-0.2, 0) is 0 Å². The van der Waals surface area contributed by atoms with E-state index in [2.05, 4.69) is 24.5 Å². The maximum absolute atomic E-state index is 5.92. The highest BCUT2D eigenvalue weighted by Crippen LogP contribution is 2.14. The standard InChI is InChI=1S/C14H22ClN3S/c1-3-18(4-2)10-6-9-16-14(19)17-13-8-5-7-12(15)11-13/h5,7-8,11H,3-4,6,9-10H2,1-2H3,(H2,16,17,19)/p+1. The van der Waals surface area contributed by atoms with Gasteiger partial charge in [0.15, 0.2) is 5.11 Å². The van der Waals surface area contributed by atoms with E-state index in [1.54, 1.807) is 4.90 Å². The summed E-state index contributed by atoms with van der Waals surface area (Å²) < 4.78 is 0. The van der Waals surface area contributed by atoms with Gasteiger partial charge < -0.3 is 15.5 Å². The molecule has 0 aliphatic heterocycles. The third kappa shape index (κ3) is 6.76. The first kappa shape index (κ1) is 16.2. The van der Waals surface area contributed by atoms with E-state index in [1.807, 2.05) is 24.3 Å². The molecule has 0 heterocycles. The van der Waals surface area contributed by atoms with Crippen molar-refractivity contribution in [3.05, 3.63) is 29.3 Å². The molecular formula is C14H23ClN3S+. The average molecular weight is 301 g/mol. The average Bonchev–Trinajstić information content (AvgIpc) is 2.39. The molecule has 0 amide bonds. The fourth-order valence-electron chi connectivity index (χ4n) is 1.89. The number of halogens is 1. The molecule has 0 saturated heterocycles. The predicted octanol–water partition coefficient (Wildman–Crippen LogP) is 1.94. The van der Waals surface area contributed by atoms with E-state index >= 15 is 0 Å². The topological polar surface area (TPSA) is 28.5 Å². The molecule has 0 saturated carbocycles. The summed E-state index contributed by atoms with van der Waals surface area (Å²) in [5.74, 6) is 0. The summed E-state index contributed by atoms with van der Waals surface area (Å²) in [7, 11) is 0. The smallest absolute Gasteiger partial charge is 0.170 e. The zero-order valence-electron chi connectivity index (χ0n) is 11.6. The van der Waals surface area contributed by atoms with Crippen LogP contribution in [0.15, 0.2) is 24.3 Å². The van der Waals surface area contributed by atoms with Crippen molar-refractivity contribution in [3.63, 3.8) is 0 Å². The maximum Gasteiger partial charge on any atom is 0.170 e. The molecule has 0 atom stereocenters. The Morgan fingerprint density at radius 1 is 1.32 bits per heavy atom. The zero-order valence-corrected chi connectivity index (χ0v) is 13.2. The Hall–Kier alpha value is -0.840. The van der Waals surface area contributed by atoms with Gasteiger partial charge in [0, 0.05) is 23.7 Å². The highest BCUT2D eigenvalue weighted by atomic mass is 35.5. The lowest BCUT2D eigenvalue weighted by Crippen LogP contribution is -3.11. The lowest BCUT2D eigenvalue weighted by molar-refractivity contribution is -0.896. The van der Waals surface area contributed by atoms with E-state index in [4.69, 9.17) is 23.8 Å². The van der Waals surface area contributed by atoms with Crippen molar-refractivity contribution in [3.8, 4) is 0 Å². The van der Waals surface area contributed by atoms with Crippen LogP contribution in [0.1, 0.15) is 20.3 Å². The molecule has 0 radical (unpaired) electrons. The van der Waals surface area contributed by atoms with E-state index in [0.717, 1.165) is 18.7 Å². The molecule has 0 aliphatic carbocycles. The molecule has 3 nitrogen and oxygen atoms in total. The van der Waals surface area contributed by atoms with E-state index in [9.17, 15) is 0 Å². The quantitative estimate of drug-likeness (QED) is 0.531. The van der Waals surface area contributed by atoms with Gasteiger partial charge in [-0.15, -0.1) is 0 Å². The molecule has 5 heteroatoms. The Balaban J connectivity index is 2.21. The van der Waals surface area contributed by atoms with Crippen LogP contribution in [0.25, 0.3) is 0 Å². The minimum Gasteiger partial charge on any atom is -0.362 e. The van der Waals surface area contributed by atoms with Gasteiger partial charge in [0.1, 0.15) is 0 Å². The second kappa shape index (κ2) is 9.13. The molecule has 0 bridgehead atoms. The van der Waals surface area contributed by atoms with E-state index in [1.165, 1.54) is 19.6 Å². The highest BCUT2D eigenvalue weighted by molar-refractivity contribution is 7.80. The second-order valence-electron chi connectivity index (χ2n) is 4.45. The number of hydrogen-bond acceptors (Lipinski definition) is 1. The van der Waals surface area contributed by atoms with Crippen molar-refractivity contribution in [1.29, 1.82) is 0 Å². The number of quaternary nitrogens is 1. The number of hydrogen-bond donors (Lipinski definition) is 3. The lowest BCUT2D eigenvalue weighted by atomic mass is 10.3. The first-order valence-electron chi connectivity index (χ1n) is 6.79. The fourth-order valence-corrected chi connectivity index (χ4v) is 2.30. The van der Waals surface area contributed by atoms with Gasteiger partial charge in [0.2, 0.25) is 0 Å². The number of anilines is 1. The van der Waals surface area contributed by atoms with Gasteiger partial charge in [-0.05, 0) is 44.3 Å². The van der Waals surface area contributed by atoms with Crippen LogP contribution in [0.3, 0.4) is 0 Å². The molecule has 0 aromatic heterocycles. The molecule has 0 unspecified atom stereocenters. The summed E-state index contributed by atoms with van der Waals surface area (Å²) in [6.45, 7) is 8.88. The van der Waals surface area contributed by atoms with Gasteiger partial charge in [0.05, 0.1) is 19.6 Å². The second-order valence-corrected chi connectivity index (χ2v) is 5.30. The van der Waals surface area contributed by atoms with Gasteiger partial charge in [-0.25, -0.2) is 0 Å². The van der Waals surface area contributed by atoms with Crippen LogP contribution in [-0.4, -0.2) is 31.3 Å². The molecule has 19 heavy (non-hydrogen) atoms. The third-order valence-electron chi connectivity index (χ3n) is 3.08. The van der Waals surface area contributed by atoms with Crippen LogP contribution < -0.4 is 15.5 Å². The molecular weight excluding hydrogens is 278 g/mol. The Morgan fingerprint density at radius 3 is 2.68 bits per heavy atom. The third-order valence-corrected chi connectivity index (χ3v) is 3.56. The monoisotopic (exact) mass is 300 g/mol. The highest BCUT2D eigenvalue weighted by Gasteiger charge is 2.02. The number of benzene rings is 1. The fraction of sp³-hybridized carbons (Fsp3) is 0.500. The molecule has 106 valence electrons. The molecule has 1 aromatic rings. The normalized spacial score (nSPS) is 10.5. The summed E-state index contributed by atoms with van der Waals surface area (Å²) in [4.78, 5) is 1.62.